The standard InChI is InChI=1S/C17H28N2/c1-5-15-12-19(13-17(2,3)4)16(11-18-15)14-9-7-6-8-10-14/h6-10,15-16,18H,5,11-13H2,1-4H3. The van der Waals surface area contributed by atoms with E-state index in [0.29, 0.717) is 17.5 Å². The Morgan fingerprint density at radius 1 is 1.21 bits per heavy atom. The molecule has 0 spiro atoms. The van der Waals surface area contributed by atoms with Gasteiger partial charge in [-0.25, -0.2) is 0 Å². The van der Waals surface area contributed by atoms with E-state index in [1.807, 2.05) is 0 Å². The minimum atomic E-state index is 0.350. The van der Waals surface area contributed by atoms with Crippen molar-refractivity contribution >= 4 is 0 Å². The van der Waals surface area contributed by atoms with Crippen molar-refractivity contribution < 1.29 is 0 Å². The molecule has 106 valence electrons. The van der Waals surface area contributed by atoms with E-state index in [4.69, 9.17) is 0 Å². The van der Waals surface area contributed by atoms with Crippen molar-refractivity contribution in [1.29, 1.82) is 0 Å². The lowest BCUT2D eigenvalue weighted by atomic mass is 9.92. The topological polar surface area (TPSA) is 15.3 Å². The van der Waals surface area contributed by atoms with Gasteiger partial charge in [-0.1, -0.05) is 58.0 Å². The minimum absolute atomic E-state index is 0.350. The third kappa shape index (κ3) is 4.05. The molecule has 2 rings (SSSR count). The first-order chi connectivity index (χ1) is 8.99. The molecule has 1 aromatic carbocycles. The second kappa shape index (κ2) is 6.06. The molecule has 1 aliphatic heterocycles. The van der Waals surface area contributed by atoms with Gasteiger partial charge in [0.15, 0.2) is 0 Å². The second-order valence-electron chi connectivity index (χ2n) is 6.93. The Bertz CT molecular complexity index is 380. The zero-order valence-electron chi connectivity index (χ0n) is 12.8. The van der Waals surface area contributed by atoms with Crippen LogP contribution in [0.1, 0.15) is 45.7 Å². The average Bonchev–Trinajstić information content (AvgIpc) is 2.38. The Morgan fingerprint density at radius 2 is 1.89 bits per heavy atom. The van der Waals surface area contributed by atoms with Crippen molar-refractivity contribution in [3.63, 3.8) is 0 Å². The Hall–Kier alpha value is -0.860. The first kappa shape index (κ1) is 14.5. The van der Waals surface area contributed by atoms with Gasteiger partial charge in [-0.05, 0) is 17.4 Å². The predicted octanol–water partition coefficient (Wildman–Crippen LogP) is 3.46. The molecule has 0 radical (unpaired) electrons. The summed E-state index contributed by atoms with van der Waals surface area (Å²) in [4.78, 5) is 2.67. The number of benzene rings is 1. The fourth-order valence-electron chi connectivity index (χ4n) is 2.94. The molecular weight excluding hydrogens is 232 g/mol. The van der Waals surface area contributed by atoms with Crippen LogP contribution in [0.5, 0.6) is 0 Å². The van der Waals surface area contributed by atoms with Gasteiger partial charge in [0, 0.05) is 31.7 Å². The maximum absolute atomic E-state index is 3.69. The average molecular weight is 260 g/mol. The quantitative estimate of drug-likeness (QED) is 0.895. The molecule has 1 aliphatic rings. The third-order valence-electron chi connectivity index (χ3n) is 3.85. The molecule has 0 aliphatic carbocycles. The molecular formula is C17H28N2. The first-order valence-corrected chi connectivity index (χ1v) is 7.52. The fourth-order valence-corrected chi connectivity index (χ4v) is 2.94. The summed E-state index contributed by atoms with van der Waals surface area (Å²) < 4.78 is 0. The molecule has 2 heteroatoms. The summed E-state index contributed by atoms with van der Waals surface area (Å²) in [6.07, 6.45) is 1.21. The molecule has 0 bridgehead atoms. The summed E-state index contributed by atoms with van der Waals surface area (Å²) in [7, 11) is 0. The van der Waals surface area contributed by atoms with Gasteiger partial charge in [0.2, 0.25) is 0 Å². The largest absolute Gasteiger partial charge is 0.311 e. The van der Waals surface area contributed by atoms with Crippen LogP contribution in [0.4, 0.5) is 0 Å². The highest BCUT2D eigenvalue weighted by Crippen LogP contribution is 2.28. The number of nitrogens with zero attached hydrogens (tertiary/aromatic N) is 1. The van der Waals surface area contributed by atoms with Crippen LogP contribution in [-0.2, 0) is 0 Å². The van der Waals surface area contributed by atoms with Crippen LogP contribution in [0, 0.1) is 5.41 Å². The van der Waals surface area contributed by atoms with Gasteiger partial charge in [-0.2, -0.15) is 0 Å². The highest BCUT2D eigenvalue weighted by atomic mass is 15.2. The number of rotatable bonds is 3. The first-order valence-electron chi connectivity index (χ1n) is 7.52. The summed E-state index contributed by atoms with van der Waals surface area (Å²) in [5.41, 5.74) is 1.79. The molecule has 1 aromatic rings. The monoisotopic (exact) mass is 260 g/mol. The van der Waals surface area contributed by atoms with Gasteiger partial charge in [0.05, 0.1) is 0 Å². The highest BCUT2D eigenvalue weighted by molar-refractivity contribution is 5.20. The predicted molar refractivity (Wildman–Crippen MR) is 82.3 cm³/mol. The van der Waals surface area contributed by atoms with Crippen molar-refractivity contribution in [3.05, 3.63) is 35.9 Å². The van der Waals surface area contributed by atoms with Crippen LogP contribution < -0.4 is 5.32 Å². The summed E-state index contributed by atoms with van der Waals surface area (Å²) in [5, 5.41) is 3.69. The summed E-state index contributed by atoms with van der Waals surface area (Å²) >= 11 is 0. The molecule has 1 heterocycles. The molecule has 0 amide bonds. The molecule has 1 fully saturated rings. The van der Waals surface area contributed by atoms with Crippen molar-refractivity contribution in [2.45, 2.75) is 46.2 Å². The fraction of sp³-hybridized carbons (Fsp3) is 0.647. The van der Waals surface area contributed by atoms with Crippen molar-refractivity contribution in [2.75, 3.05) is 19.6 Å². The summed E-state index contributed by atoms with van der Waals surface area (Å²) in [5.74, 6) is 0. The van der Waals surface area contributed by atoms with Gasteiger partial charge in [-0.15, -0.1) is 0 Å². The lowest BCUT2D eigenvalue weighted by Gasteiger charge is -2.43. The molecule has 0 saturated carbocycles. The van der Waals surface area contributed by atoms with Crippen LogP contribution >= 0.6 is 0 Å². The van der Waals surface area contributed by atoms with E-state index in [1.165, 1.54) is 12.0 Å². The SMILES string of the molecule is CCC1CN(CC(C)(C)C)C(c2ccccc2)CN1. The Balaban J connectivity index is 2.15. The number of piperazine rings is 1. The Kier molecular flexibility index (Phi) is 4.64. The van der Waals surface area contributed by atoms with Crippen LogP contribution in [0.25, 0.3) is 0 Å². The number of hydrogen-bond acceptors (Lipinski definition) is 2. The highest BCUT2D eigenvalue weighted by Gasteiger charge is 2.30. The molecule has 0 aromatic heterocycles. The lowest BCUT2D eigenvalue weighted by Crippen LogP contribution is -2.53. The van der Waals surface area contributed by atoms with Gasteiger partial charge in [-0.3, -0.25) is 4.90 Å². The number of hydrogen-bond donors (Lipinski definition) is 1. The van der Waals surface area contributed by atoms with Gasteiger partial charge < -0.3 is 5.32 Å². The Morgan fingerprint density at radius 3 is 2.47 bits per heavy atom. The van der Waals surface area contributed by atoms with Crippen LogP contribution in [0.3, 0.4) is 0 Å². The molecule has 1 N–H and O–H groups in total. The summed E-state index contributed by atoms with van der Waals surface area (Å²) in [6.45, 7) is 12.7. The maximum atomic E-state index is 3.69. The molecule has 2 unspecified atom stereocenters. The molecule has 2 nitrogen and oxygen atoms in total. The van der Waals surface area contributed by atoms with E-state index in [9.17, 15) is 0 Å². The molecule has 1 saturated heterocycles. The summed E-state index contributed by atoms with van der Waals surface area (Å²) in [6, 6.07) is 12.1. The minimum Gasteiger partial charge on any atom is -0.311 e. The molecule has 2 atom stereocenters. The zero-order chi connectivity index (χ0) is 13.9. The van der Waals surface area contributed by atoms with E-state index in [2.05, 4.69) is 68.2 Å². The van der Waals surface area contributed by atoms with E-state index < -0.39 is 0 Å². The number of nitrogens with one attached hydrogen (secondary N) is 1. The second-order valence-corrected chi connectivity index (χ2v) is 6.93. The normalized spacial score (nSPS) is 25.5. The van der Waals surface area contributed by atoms with Crippen LogP contribution in [0.2, 0.25) is 0 Å². The van der Waals surface area contributed by atoms with E-state index in [-0.39, 0.29) is 0 Å². The van der Waals surface area contributed by atoms with E-state index >= 15 is 0 Å². The van der Waals surface area contributed by atoms with Crippen molar-refractivity contribution in [3.8, 4) is 0 Å². The van der Waals surface area contributed by atoms with E-state index in [1.54, 1.807) is 0 Å². The lowest BCUT2D eigenvalue weighted by molar-refractivity contribution is 0.0890. The van der Waals surface area contributed by atoms with Crippen molar-refractivity contribution in [1.82, 2.24) is 10.2 Å². The van der Waals surface area contributed by atoms with Gasteiger partial charge in [0.25, 0.3) is 0 Å². The third-order valence-corrected chi connectivity index (χ3v) is 3.85. The van der Waals surface area contributed by atoms with Gasteiger partial charge in [0.1, 0.15) is 0 Å². The maximum Gasteiger partial charge on any atom is 0.0473 e. The Labute approximate surface area is 118 Å². The zero-order valence-corrected chi connectivity index (χ0v) is 12.8. The molecule has 19 heavy (non-hydrogen) atoms. The van der Waals surface area contributed by atoms with Crippen LogP contribution in [-0.4, -0.2) is 30.6 Å². The smallest absolute Gasteiger partial charge is 0.0473 e. The van der Waals surface area contributed by atoms with Crippen molar-refractivity contribution in [2.24, 2.45) is 5.41 Å². The van der Waals surface area contributed by atoms with Crippen LogP contribution in [0.15, 0.2) is 30.3 Å². The van der Waals surface area contributed by atoms with E-state index in [0.717, 1.165) is 19.6 Å². The van der Waals surface area contributed by atoms with Gasteiger partial charge >= 0.3 is 0 Å².